The van der Waals surface area contributed by atoms with E-state index in [0.717, 1.165) is 5.56 Å². The van der Waals surface area contributed by atoms with Gasteiger partial charge in [0, 0.05) is 11.3 Å². The molecule has 1 saturated heterocycles. The van der Waals surface area contributed by atoms with E-state index in [0.29, 0.717) is 4.90 Å². The minimum Gasteiger partial charge on any atom is -0.394 e. The van der Waals surface area contributed by atoms with Crippen LogP contribution in [0.25, 0.3) is 0 Å². The molecule has 6 atom stereocenters. The number of hydrogen-bond acceptors (Lipinski definition) is 6. The molecule has 2 unspecified atom stereocenters. The van der Waals surface area contributed by atoms with Gasteiger partial charge >= 0.3 is 0 Å². The minimum absolute atomic E-state index is 0.0385. The van der Waals surface area contributed by atoms with Gasteiger partial charge in [0.05, 0.1) is 17.4 Å². The van der Waals surface area contributed by atoms with E-state index in [2.05, 4.69) is 0 Å². The van der Waals surface area contributed by atoms with Gasteiger partial charge in [-0.25, -0.2) is 0 Å². The Labute approximate surface area is 154 Å². The van der Waals surface area contributed by atoms with E-state index in [1.54, 1.807) is 54.6 Å². The first-order valence-electron chi connectivity index (χ1n) is 8.33. The highest BCUT2D eigenvalue weighted by molar-refractivity contribution is 7.86. The second kappa shape index (κ2) is 7.96. The summed E-state index contributed by atoms with van der Waals surface area (Å²) in [5.74, 6) is 0. The van der Waals surface area contributed by atoms with Crippen LogP contribution in [-0.4, -0.2) is 60.6 Å². The highest BCUT2D eigenvalue weighted by Crippen LogP contribution is 2.38. The summed E-state index contributed by atoms with van der Waals surface area (Å²) >= 11 is 0. The van der Waals surface area contributed by atoms with Crippen molar-refractivity contribution in [3.05, 3.63) is 66.2 Å². The van der Waals surface area contributed by atoms with Crippen molar-refractivity contribution in [1.29, 1.82) is 0 Å². The Hall–Kier alpha value is -1.61. The van der Waals surface area contributed by atoms with Gasteiger partial charge in [-0.1, -0.05) is 48.5 Å². The fraction of sp³-hybridized carbons (Fsp3) is 0.368. The molecule has 0 saturated carbocycles. The largest absolute Gasteiger partial charge is 0.394 e. The van der Waals surface area contributed by atoms with Crippen molar-refractivity contribution in [3.63, 3.8) is 0 Å². The topological polar surface area (TPSA) is 107 Å². The van der Waals surface area contributed by atoms with Crippen molar-refractivity contribution >= 4 is 10.8 Å². The Morgan fingerprint density at radius 2 is 1.50 bits per heavy atom. The maximum Gasteiger partial charge on any atom is 0.180 e. The normalized spacial score (nSPS) is 32.9. The monoisotopic (exact) mass is 378 g/mol. The summed E-state index contributed by atoms with van der Waals surface area (Å²) in [6, 6.07) is 17.5. The van der Waals surface area contributed by atoms with E-state index in [4.69, 9.17) is 4.74 Å². The van der Waals surface area contributed by atoms with Gasteiger partial charge in [-0.3, -0.25) is 4.21 Å². The lowest BCUT2D eigenvalue weighted by molar-refractivity contribution is -0.243. The first-order chi connectivity index (χ1) is 12.5. The van der Waals surface area contributed by atoms with E-state index >= 15 is 0 Å². The predicted molar refractivity (Wildman–Crippen MR) is 95.7 cm³/mol. The number of hydrogen-bond donors (Lipinski definition) is 4. The number of benzene rings is 2. The van der Waals surface area contributed by atoms with E-state index in [1.165, 1.54) is 0 Å². The molecule has 0 radical (unpaired) electrons. The van der Waals surface area contributed by atoms with Gasteiger partial charge in [-0.15, -0.1) is 0 Å². The Balaban J connectivity index is 2.07. The average molecular weight is 378 g/mol. The Kier molecular flexibility index (Phi) is 5.86. The van der Waals surface area contributed by atoms with Crippen LogP contribution in [0.5, 0.6) is 0 Å². The van der Waals surface area contributed by atoms with E-state index in [-0.39, 0.29) is 6.42 Å². The SMILES string of the molecule is O=S(c1ccccc1)C1(Cc2ccccc2)O[C@H](CO)[C@H](O)[C@H](O)[C@H]1O. The first kappa shape index (κ1) is 19.2. The number of aliphatic hydroxyl groups is 4. The second-order valence-corrected chi connectivity index (χ2v) is 8.02. The third-order valence-corrected chi connectivity index (χ3v) is 6.41. The molecular formula is C19H22O6S. The Morgan fingerprint density at radius 3 is 2.08 bits per heavy atom. The quantitative estimate of drug-likeness (QED) is 0.592. The van der Waals surface area contributed by atoms with Gasteiger partial charge < -0.3 is 25.2 Å². The van der Waals surface area contributed by atoms with E-state index in [9.17, 15) is 24.6 Å². The standard InChI is InChI=1S/C19H22O6S/c20-12-15-16(21)17(22)18(23)19(25-15,11-13-7-3-1-4-8-13)26(24)14-9-5-2-6-10-14/h1-10,15-18,20-23H,11-12H2/t15-,16+,17+,18-,19?,26?/m1/s1. The molecule has 0 aromatic heterocycles. The summed E-state index contributed by atoms with van der Waals surface area (Å²) in [5, 5.41) is 40.7. The molecule has 26 heavy (non-hydrogen) atoms. The number of rotatable bonds is 5. The fourth-order valence-corrected chi connectivity index (χ4v) is 4.87. The summed E-state index contributed by atoms with van der Waals surface area (Å²) in [6.07, 6.45) is -5.81. The molecule has 1 fully saturated rings. The van der Waals surface area contributed by atoms with Gasteiger partial charge in [0.2, 0.25) is 0 Å². The number of ether oxygens (including phenoxy) is 1. The molecule has 2 aromatic carbocycles. The maximum atomic E-state index is 13.4. The second-order valence-electron chi connectivity index (χ2n) is 6.32. The van der Waals surface area contributed by atoms with Crippen molar-refractivity contribution in [1.82, 2.24) is 0 Å². The molecule has 0 amide bonds. The van der Waals surface area contributed by atoms with Crippen LogP contribution in [0, 0.1) is 0 Å². The highest BCUT2D eigenvalue weighted by atomic mass is 32.2. The molecule has 2 aromatic rings. The van der Waals surface area contributed by atoms with Crippen molar-refractivity contribution in [2.75, 3.05) is 6.61 Å². The minimum atomic E-state index is -1.87. The van der Waals surface area contributed by atoms with Crippen molar-refractivity contribution in [3.8, 4) is 0 Å². The maximum absolute atomic E-state index is 13.4. The lowest BCUT2D eigenvalue weighted by Crippen LogP contribution is -2.67. The summed E-state index contributed by atoms with van der Waals surface area (Å²) in [6.45, 7) is -0.576. The highest BCUT2D eigenvalue weighted by Gasteiger charge is 2.57. The van der Waals surface area contributed by atoms with Crippen LogP contribution in [0.3, 0.4) is 0 Å². The zero-order valence-electron chi connectivity index (χ0n) is 14.0. The lowest BCUT2D eigenvalue weighted by Gasteiger charge is -2.47. The molecule has 0 spiro atoms. The van der Waals surface area contributed by atoms with Crippen LogP contribution >= 0.6 is 0 Å². The Morgan fingerprint density at radius 1 is 0.923 bits per heavy atom. The summed E-state index contributed by atoms with van der Waals surface area (Å²) in [5.41, 5.74) is 0.746. The zero-order chi connectivity index (χ0) is 18.7. The lowest BCUT2D eigenvalue weighted by atomic mass is 9.91. The van der Waals surface area contributed by atoms with Crippen LogP contribution < -0.4 is 0 Å². The number of aliphatic hydroxyl groups excluding tert-OH is 4. The van der Waals surface area contributed by atoms with Crippen LogP contribution in [0.15, 0.2) is 65.6 Å². The fourth-order valence-electron chi connectivity index (χ4n) is 3.20. The summed E-state index contributed by atoms with van der Waals surface area (Å²) in [4.78, 5) is -1.29. The molecule has 3 rings (SSSR count). The molecule has 1 aliphatic rings. The Bertz CT molecular complexity index is 738. The third-order valence-electron chi connectivity index (χ3n) is 4.60. The molecule has 1 heterocycles. The first-order valence-corrected chi connectivity index (χ1v) is 9.48. The molecule has 140 valence electrons. The molecule has 4 N–H and O–H groups in total. The van der Waals surface area contributed by atoms with Gasteiger partial charge in [-0.2, -0.15) is 0 Å². The van der Waals surface area contributed by atoms with Crippen LogP contribution in [0.4, 0.5) is 0 Å². The van der Waals surface area contributed by atoms with Gasteiger partial charge in [-0.05, 0) is 17.7 Å². The molecular weight excluding hydrogens is 356 g/mol. The molecule has 7 heteroatoms. The molecule has 6 nitrogen and oxygen atoms in total. The zero-order valence-corrected chi connectivity index (χ0v) is 14.8. The van der Waals surface area contributed by atoms with Crippen molar-refractivity contribution < 1.29 is 29.4 Å². The van der Waals surface area contributed by atoms with Gasteiger partial charge in [0.25, 0.3) is 0 Å². The van der Waals surface area contributed by atoms with Crippen molar-refractivity contribution in [2.24, 2.45) is 0 Å². The van der Waals surface area contributed by atoms with Gasteiger partial charge in [0.1, 0.15) is 24.4 Å². The van der Waals surface area contributed by atoms with Crippen molar-refractivity contribution in [2.45, 2.75) is 40.7 Å². The predicted octanol–water partition coefficient (Wildman–Crippen LogP) is 0.207. The molecule has 0 aliphatic carbocycles. The summed E-state index contributed by atoms with van der Waals surface area (Å²) < 4.78 is 19.2. The summed E-state index contributed by atoms with van der Waals surface area (Å²) in [7, 11) is -1.87. The molecule has 1 aliphatic heterocycles. The van der Waals surface area contributed by atoms with Crippen LogP contribution in [0.1, 0.15) is 5.56 Å². The smallest absolute Gasteiger partial charge is 0.180 e. The van der Waals surface area contributed by atoms with E-state index in [1.807, 2.05) is 6.07 Å². The van der Waals surface area contributed by atoms with Crippen LogP contribution in [-0.2, 0) is 22.0 Å². The van der Waals surface area contributed by atoms with E-state index < -0.39 is 46.8 Å². The molecule has 0 bridgehead atoms. The third kappa shape index (κ3) is 3.46. The average Bonchev–Trinajstić information content (AvgIpc) is 2.69. The van der Waals surface area contributed by atoms with Gasteiger partial charge in [0.15, 0.2) is 4.93 Å². The van der Waals surface area contributed by atoms with Crippen LogP contribution in [0.2, 0.25) is 0 Å².